The Hall–Kier alpha value is -3.42. The highest BCUT2D eigenvalue weighted by molar-refractivity contribution is 5.22. The van der Waals surface area contributed by atoms with Gasteiger partial charge in [-0.15, -0.1) is 0 Å². The van der Waals surface area contributed by atoms with Crippen LogP contribution in [0, 0.1) is 0 Å². The van der Waals surface area contributed by atoms with Crippen molar-refractivity contribution in [3.63, 3.8) is 0 Å². The Morgan fingerprint density at radius 3 is 1.80 bits per heavy atom. The maximum atomic E-state index is 13.4. The minimum absolute atomic E-state index is 0.0138. The van der Waals surface area contributed by atoms with Gasteiger partial charge in [0.15, 0.2) is 0 Å². The minimum Gasteiger partial charge on any atom is -0.848 e. The molecule has 3 aromatic rings. The molecule has 0 fully saturated rings. The fourth-order valence-corrected chi connectivity index (χ4v) is 3.65. The number of hydrogen-bond acceptors (Lipinski definition) is 6. The van der Waals surface area contributed by atoms with Gasteiger partial charge >= 0.3 is 0 Å². The number of azo groups is 1. The summed E-state index contributed by atoms with van der Waals surface area (Å²) >= 11 is 0. The Bertz CT molecular complexity index is 1090. The first-order valence-electron chi connectivity index (χ1n) is 11.7. The molecule has 0 aliphatic carbocycles. The third-order valence-electron chi connectivity index (χ3n) is 5.47. The van der Waals surface area contributed by atoms with Crippen LogP contribution in [0.5, 0.6) is 0 Å². The largest absolute Gasteiger partial charge is 0.848 e. The van der Waals surface area contributed by atoms with E-state index in [1.165, 1.54) is 0 Å². The van der Waals surface area contributed by atoms with Crippen molar-refractivity contribution in [2.45, 2.75) is 38.1 Å². The standard InChI is InChI=1S/C29H29N2O4/c32-27(22-33-19-23-10-4-1-5-11-23)29(35-21-25-14-8-3-9-15-25)28(18-26-16-17-30-31-26)34-20-24-12-6-2-7-13-24/h1-18,27-29H,19-22H2/q-1/b26-18-. The average Bonchev–Trinajstić information content (AvgIpc) is 3.42. The highest BCUT2D eigenvalue weighted by Gasteiger charge is 2.25. The minimum atomic E-state index is -1.18. The first kappa shape index (κ1) is 24.7. The summed E-state index contributed by atoms with van der Waals surface area (Å²) in [4.78, 5) is 0. The molecule has 0 N–H and O–H groups in total. The van der Waals surface area contributed by atoms with Crippen LogP contribution in [0.4, 0.5) is 0 Å². The van der Waals surface area contributed by atoms with E-state index >= 15 is 0 Å². The van der Waals surface area contributed by atoms with Crippen molar-refractivity contribution in [1.82, 2.24) is 0 Å². The van der Waals surface area contributed by atoms with Gasteiger partial charge in [0, 0.05) is 6.61 Å². The molecule has 3 unspecified atom stereocenters. The van der Waals surface area contributed by atoms with Crippen LogP contribution in [-0.4, -0.2) is 24.9 Å². The monoisotopic (exact) mass is 469 g/mol. The van der Waals surface area contributed by atoms with Crippen molar-refractivity contribution in [1.29, 1.82) is 0 Å². The highest BCUT2D eigenvalue weighted by Crippen LogP contribution is 2.19. The molecule has 6 nitrogen and oxygen atoms in total. The van der Waals surface area contributed by atoms with Crippen LogP contribution in [0.15, 0.2) is 125 Å². The van der Waals surface area contributed by atoms with Gasteiger partial charge in [0.2, 0.25) is 0 Å². The summed E-state index contributed by atoms with van der Waals surface area (Å²) in [6.45, 7) is 0.965. The van der Waals surface area contributed by atoms with Gasteiger partial charge in [0.25, 0.3) is 0 Å². The molecule has 0 bridgehead atoms. The third kappa shape index (κ3) is 8.09. The SMILES string of the molecule is [O-]C(COCc1ccccc1)C(OCc1ccccc1)C(/C=C1/C=CN=N1)OCc1ccccc1. The number of benzene rings is 3. The Morgan fingerprint density at radius 2 is 1.26 bits per heavy atom. The Balaban J connectivity index is 1.49. The van der Waals surface area contributed by atoms with Crippen LogP contribution in [0.2, 0.25) is 0 Å². The van der Waals surface area contributed by atoms with E-state index in [1.807, 2.05) is 91.0 Å². The second-order valence-corrected chi connectivity index (χ2v) is 8.18. The van der Waals surface area contributed by atoms with E-state index in [-0.39, 0.29) is 13.2 Å². The molecule has 1 heterocycles. The first-order valence-corrected chi connectivity index (χ1v) is 11.7. The van der Waals surface area contributed by atoms with E-state index in [0.717, 1.165) is 16.7 Å². The Kier molecular flexibility index (Phi) is 9.50. The van der Waals surface area contributed by atoms with Crippen molar-refractivity contribution in [2.24, 2.45) is 10.2 Å². The summed E-state index contributed by atoms with van der Waals surface area (Å²) in [7, 11) is 0. The summed E-state index contributed by atoms with van der Waals surface area (Å²) in [6, 6.07) is 29.4. The summed E-state index contributed by atoms with van der Waals surface area (Å²) in [5.41, 5.74) is 3.62. The molecule has 0 saturated heterocycles. The molecule has 6 heteroatoms. The van der Waals surface area contributed by atoms with Gasteiger partial charge in [-0.25, -0.2) is 0 Å². The molecule has 0 saturated carbocycles. The zero-order valence-electron chi connectivity index (χ0n) is 19.5. The molecule has 180 valence electrons. The first-order chi connectivity index (χ1) is 17.3. The highest BCUT2D eigenvalue weighted by atomic mass is 16.6. The summed E-state index contributed by atoms with van der Waals surface area (Å²) < 4.78 is 18.2. The Labute approximate surface area is 206 Å². The molecular formula is C29H29N2O4-. The van der Waals surface area contributed by atoms with Crippen molar-refractivity contribution in [3.05, 3.63) is 132 Å². The molecule has 1 aliphatic heterocycles. The predicted octanol–water partition coefficient (Wildman–Crippen LogP) is 4.97. The van der Waals surface area contributed by atoms with Gasteiger partial charge in [-0.05, 0) is 28.8 Å². The fraction of sp³-hybridized carbons (Fsp3) is 0.241. The molecule has 0 amide bonds. The van der Waals surface area contributed by atoms with Crippen LogP contribution in [-0.2, 0) is 34.0 Å². The molecular weight excluding hydrogens is 440 g/mol. The van der Waals surface area contributed by atoms with E-state index in [0.29, 0.717) is 18.9 Å². The van der Waals surface area contributed by atoms with Crippen LogP contribution in [0.3, 0.4) is 0 Å². The fourth-order valence-electron chi connectivity index (χ4n) is 3.65. The maximum absolute atomic E-state index is 13.4. The zero-order valence-corrected chi connectivity index (χ0v) is 19.5. The molecule has 4 rings (SSSR count). The van der Waals surface area contributed by atoms with E-state index in [1.54, 1.807) is 18.4 Å². The van der Waals surface area contributed by atoms with E-state index in [4.69, 9.17) is 14.2 Å². The molecule has 0 radical (unpaired) electrons. The van der Waals surface area contributed by atoms with Gasteiger partial charge in [0.1, 0.15) is 6.10 Å². The quantitative estimate of drug-likeness (QED) is 0.354. The van der Waals surface area contributed by atoms with Gasteiger partial charge in [-0.2, -0.15) is 10.2 Å². The van der Waals surface area contributed by atoms with E-state index < -0.39 is 18.3 Å². The predicted molar refractivity (Wildman–Crippen MR) is 132 cm³/mol. The Morgan fingerprint density at radius 1 is 0.714 bits per heavy atom. The van der Waals surface area contributed by atoms with Gasteiger partial charge in [-0.3, -0.25) is 0 Å². The van der Waals surface area contributed by atoms with Crippen molar-refractivity contribution in [2.75, 3.05) is 6.61 Å². The second kappa shape index (κ2) is 13.5. The molecule has 35 heavy (non-hydrogen) atoms. The van der Waals surface area contributed by atoms with Gasteiger partial charge in [0.05, 0.1) is 37.8 Å². The van der Waals surface area contributed by atoms with E-state index in [2.05, 4.69) is 10.2 Å². The summed E-state index contributed by atoms with van der Waals surface area (Å²) in [5.74, 6) is 0. The van der Waals surface area contributed by atoms with Crippen LogP contribution in [0.1, 0.15) is 16.7 Å². The van der Waals surface area contributed by atoms with E-state index in [9.17, 15) is 5.11 Å². The maximum Gasteiger partial charge on any atom is 0.104 e. The number of hydrogen-bond donors (Lipinski definition) is 0. The normalized spacial score (nSPS) is 16.4. The average molecular weight is 470 g/mol. The second-order valence-electron chi connectivity index (χ2n) is 8.18. The van der Waals surface area contributed by atoms with Crippen LogP contribution >= 0.6 is 0 Å². The van der Waals surface area contributed by atoms with Crippen molar-refractivity contribution < 1.29 is 19.3 Å². The molecule has 1 aliphatic rings. The topological polar surface area (TPSA) is 75.5 Å². The molecule has 3 atom stereocenters. The summed E-state index contributed by atoms with van der Waals surface area (Å²) in [6.07, 6.45) is 2.57. The summed E-state index contributed by atoms with van der Waals surface area (Å²) in [5, 5.41) is 21.4. The third-order valence-corrected chi connectivity index (χ3v) is 5.47. The van der Waals surface area contributed by atoms with Gasteiger partial charge in [-0.1, -0.05) is 97.1 Å². The lowest BCUT2D eigenvalue weighted by Gasteiger charge is -2.36. The lowest BCUT2D eigenvalue weighted by molar-refractivity contribution is -0.452. The number of allylic oxidation sites excluding steroid dienone is 1. The number of nitrogens with zero attached hydrogens (tertiary/aromatic N) is 2. The van der Waals surface area contributed by atoms with Crippen LogP contribution < -0.4 is 5.11 Å². The van der Waals surface area contributed by atoms with Crippen LogP contribution in [0.25, 0.3) is 0 Å². The molecule has 0 spiro atoms. The van der Waals surface area contributed by atoms with Gasteiger partial charge < -0.3 is 19.3 Å². The van der Waals surface area contributed by atoms with Crippen molar-refractivity contribution in [3.8, 4) is 0 Å². The number of rotatable bonds is 13. The lowest BCUT2D eigenvalue weighted by atomic mass is 10.1. The van der Waals surface area contributed by atoms with Crippen molar-refractivity contribution >= 4 is 0 Å². The zero-order chi connectivity index (χ0) is 24.1. The molecule has 0 aromatic heterocycles. The smallest absolute Gasteiger partial charge is 0.104 e. The molecule has 3 aromatic carbocycles. The number of ether oxygens (including phenoxy) is 3. The lowest BCUT2D eigenvalue weighted by Crippen LogP contribution is -2.50.